The van der Waals surface area contributed by atoms with Gasteiger partial charge in [-0.2, -0.15) is 0 Å². The summed E-state index contributed by atoms with van der Waals surface area (Å²) in [5, 5.41) is 0. The lowest BCUT2D eigenvalue weighted by atomic mass is 10.2. The highest BCUT2D eigenvalue weighted by molar-refractivity contribution is 5.13. The molecule has 0 fully saturated rings. The Morgan fingerprint density at radius 3 is 2.64 bits per heavy atom. The number of benzene rings is 1. The van der Waals surface area contributed by atoms with Crippen molar-refractivity contribution in [2.75, 3.05) is 13.7 Å². The first kappa shape index (κ1) is 10.8. The molecule has 2 nitrogen and oxygen atoms in total. The van der Waals surface area contributed by atoms with Crippen LogP contribution < -0.4 is 0 Å². The highest BCUT2D eigenvalue weighted by Gasteiger charge is 1.94. The minimum absolute atomic E-state index is 0.651. The first-order valence-corrected chi connectivity index (χ1v) is 4.66. The summed E-state index contributed by atoms with van der Waals surface area (Å²) >= 11 is 0. The van der Waals surface area contributed by atoms with Gasteiger partial charge in [0.15, 0.2) is 0 Å². The maximum absolute atomic E-state index is 5.45. The summed E-state index contributed by atoms with van der Waals surface area (Å²) < 4.78 is 10.4. The van der Waals surface area contributed by atoms with E-state index in [4.69, 9.17) is 9.47 Å². The molecule has 0 N–H and O–H groups in total. The minimum atomic E-state index is 0.651. The molecular weight excluding hydrogens is 176 g/mol. The molecule has 0 atom stereocenters. The first-order chi connectivity index (χ1) is 6.83. The molecule has 0 aromatic heterocycles. The predicted molar refractivity (Wildman–Crippen MR) is 56.9 cm³/mol. The summed E-state index contributed by atoms with van der Waals surface area (Å²) in [6, 6.07) is 10.1. The number of ether oxygens (including phenoxy) is 2. The Labute approximate surface area is 85.2 Å². The Balaban J connectivity index is 2.13. The van der Waals surface area contributed by atoms with Gasteiger partial charge in [-0.05, 0) is 5.56 Å². The van der Waals surface area contributed by atoms with Gasteiger partial charge in [-0.3, -0.25) is 0 Å². The molecule has 0 saturated carbocycles. The highest BCUT2D eigenvalue weighted by Crippen LogP contribution is 2.03. The topological polar surface area (TPSA) is 18.5 Å². The van der Waals surface area contributed by atoms with Crippen molar-refractivity contribution in [2.24, 2.45) is 0 Å². The van der Waals surface area contributed by atoms with E-state index in [-0.39, 0.29) is 0 Å². The van der Waals surface area contributed by atoms with Gasteiger partial charge in [-0.1, -0.05) is 36.9 Å². The van der Waals surface area contributed by atoms with Crippen molar-refractivity contribution in [3.63, 3.8) is 0 Å². The van der Waals surface area contributed by atoms with Gasteiger partial charge in [0.05, 0.1) is 26.1 Å². The Hall–Kier alpha value is -1.28. The summed E-state index contributed by atoms with van der Waals surface area (Å²) in [7, 11) is 1.62. The van der Waals surface area contributed by atoms with Gasteiger partial charge in [0.2, 0.25) is 0 Å². The second kappa shape index (κ2) is 6.22. The lowest BCUT2D eigenvalue weighted by Gasteiger charge is -2.05. The monoisotopic (exact) mass is 192 g/mol. The smallest absolute Gasteiger partial charge is 0.0906 e. The molecule has 0 aliphatic heterocycles. The summed E-state index contributed by atoms with van der Waals surface area (Å²) in [6.07, 6.45) is 0.753. The van der Waals surface area contributed by atoms with Crippen molar-refractivity contribution < 1.29 is 9.47 Å². The van der Waals surface area contributed by atoms with Gasteiger partial charge in [0.1, 0.15) is 0 Å². The van der Waals surface area contributed by atoms with Crippen LogP contribution in [0.15, 0.2) is 42.7 Å². The van der Waals surface area contributed by atoms with Gasteiger partial charge >= 0.3 is 0 Å². The molecule has 1 aromatic rings. The molecule has 0 spiro atoms. The zero-order chi connectivity index (χ0) is 10.2. The zero-order valence-electron chi connectivity index (χ0n) is 8.53. The third kappa shape index (κ3) is 4.10. The van der Waals surface area contributed by atoms with Crippen molar-refractivity contribution >= 4 is 0 Å². The zero-order valence-corrected chi connectivity index (χ0v) is 8.53. The molecule has 1 aromatic carbocycles. The maximum Gasteiger partial charge on any atom is 0.0906 e. The third-order valence-electron chi connectivity index (χ3n) is 1.93. The van der Waals surface area contributed by atoms with Gasteiger partial charge in [-0.15, -0.1) is 0 Å². The molecule has 76 valence electrons. The van der Waals surface area contributed by atoms with E-state index in [1.807, 2.05) is 30.3 Å². The van der Waals surface area contributed by atoms with E-state index in [9.17, 15) is 0 Å². The third-order valence-corrected chi connectivity index (χ3v) is 1.93. The second-order valence-electron chi connectivity index (χ2n) is 3.03. The molecule has 0 aliphatic carbocycles. The summed E-state index contributed by atoms with van der Waals surface area (Å²) in [5.74, 6) is 0.762. The fourth-order valence-corrected chi connectivity index (χ4v) is 1.05. The summed E-state index contributed by atoms with van der Waals surface area (Å²) in [5.41, 5.74) is 1.19. The van der Waals surface area contributed by atoms with Crippen LogP contribution in [0.2, 0.25) is 0 Å². The second-order valence-corrected chi connectivity index (χ2v) is 3.03. The molecule has 1 rings (SSSR count). The van der Waals surface area contributed by atoms with E-state index >= 15 is 0 Å². The minimum Gasteiger partial charge on any atom is -0.502 e. The highest BCUT2D eigenvalue weighted by atomic mass is 16.5. The standard InChI is InChI=1S/C12H16O2/c1-11(13-2)8-9-14-10-12-6-4-3-5-7-12/h3-7H,1,8-10H2,2H3. The number of rotatable bonds is 6. The summed E-state index contributed by atoms with van der Waals surface area (Å²) in [4.78, 5) is 0. The molecule has 0 saturated heterocycles. The van der Waals surface area contributed by atoms with Crippen LogP contribution >= 0.6 is 0 Å². The quantitative estimate of drug-likeness (QED) is 0.509. The van der Waals surface area contributed by atoms with Crippen molar-refractivity contribution in [1.82, 2.24) is 0 Å². The summed E-state index contributed by atoms with van der Waals surface area (Å²) in [6.45, 7) is 5.02. The molecule has 2 heteroatoms. The number of methoxy groups -OCH3 is 1. The van der Waals surface area contributed by atoms with Crippen LogP contribution in [0.1, 0.15) is 12.0 Å². The lowest BCUT2D eigenvalue weighted by molar-refractivity contribution is 0.112. The molecule has 0 bridgehead atoms. The van der Waals surface area contributed by atoms with Gasteiger partial charge < -0.3 is 9.47 Å². The Morgan fingerprint density at radius 2 is 2.00 bits per heavy atom. The Bertz CT molecular complexity index is 267. The van der Waals surface area contributed by atoms with E-state index in [1.54, 1.807) is 7.11 Å². The van der Waals surface area contributed by atoms with Crippen LogP contribution in [0.5, 0.6) is 0 Å². The predicted octanol–water partition coefficient (Wildman–Crippen LogP) is 2.75. The Kier molecular flexibility index (Phi) is 4.79. The molecule has 0 aliphatic rings. The molecule has 0 unspecified atom stereocenters. The van der Waals surface area contributed by atoms with E-state index in [0.29, 0.717) is 13.2 Å². The first-order valence-electron chi connectivity index (χ1n) is 4.66. The van der Waals surface area contributed by atoms with Crippen molar-refractivity contribution in [3.05, 3.63) is 48.2 Å². The van der Waals surface area contributed by atoms with Gasteiger partial charge in [0.25, 0.3) is 0 Å². The van der Waals surface area contributed by atoms with Crippen molar-refractivity contribution in [2.45, 2.75) is 13.0 Å². The number of hydrogen-bond donors (Lipinski definition) is 0. The van der Waals surface area contributed by atoms with Crippen LogP contribution in [-0.4, -0.2) is 13.7 Å². The largest absolute Gasteiger partial charge is 0.502 e. The van der Waals surface area contributed by atoms with E-state index in [0.717, 1.165) is 12.2 Å². The van der Waals surface area contributed by atoms with Gasteiger partial charge in [-0.25, -0.2) is 0 Å². The molecular formula is C12H16O2. The van der Waals surface area contributed by atoms with Crippen LogP contribution in [0.3, 0.4) is 0 Å². The molecule has 0 radical (unpaired) electrons. The Morgan fingerprint density at radius 1 is 1.29 bits per heavy atom. The number of hydrogen-bond acceptors (Lipinski definition) is 2. The molecule has 0 heterocycles. The molecule has 0 amide bonds. The molecule has 14 heavy (non-hydrogen) atoms. The fraction of sp³-hybridized carbons (Fsp3) is 0.333. The van der Waals surface area contributed by atoms with Crippen molar-refractivity contribution in [1.29, 1.82) is 0 Å². The SMILES string of the molecule is C=C(CCOCc1ccccc1)OC. The average Bonchev–Trinajstić information content (AvgIpc) is 2.25. The normalized spacial score (nSPS) is 9.79. The maximum atomic E-state index is 5.45. The van der Waals surface area contributed by atoms with Crippen LogP contribution in [-0.2, 0) is 16.1 Å². The van der Waals surface area contributed by atoms with Crippen LogP contribution in [0, 0.1) is 0 Å². The van der Waals surface area contributed by atoms with Crippen molar-refractivity contribution in [3.8, 4) is 0 Å². The van der Waals surface area contributed by atoms with Gasteiger partial charge in [0, 0.05) is 6.42 Å². The fourth-order valence-electron chi connectivity index (χ4n) is 1.05. The van der Waals surface area contributed by atoms with E-state index < -0.39 is 0 Å². The van der Waals surface area contributed by atoms with Crippen LogP contribution in [0.4, 0.5) is 0 Å². The van der Waals surface area contributed by atoms with Crippen LogP contribution in [0.25, 0.3) is 0 Å². The van der Waals surface area contributed by atoms with E-state index in [2.05, 4.69) is 6.58 Å². The van der Waals surface area contributed by atoms with E-state index in [1.165, 1.54) is 5.56 Å². The average molecular weight is 192 g/mol. The lowest BCUT2D eigenvalue weighted by Crippen LogP contribution is -1.97.